The molecule has 0 radical (unpaired) electrons. The third kappa shape index (κ3) is 5.02. The van der Waals surface area contributed by atoms with E-state index in [4.69, 9.17) is 4.74 Å². The maximum atomic E-state index is 12.6. The Morgan fingerprint density at radius 1 is 1.14 bits per heavy atom. The summed E-state index contributed by atoms with van der Waals surface area (Å²) in [6.07, 6.45) is 3.68. The number of carbonyl (C=O) groups excluding carboxylic acids is 2. The van der Waals surface area contributed by atoms with E-state index in [0.29, 0.717) is 13.0 Å². The van der Waals surface area contributed by atoms with Crippen LogP contribution in [0.25, 0.3) is 0 Å². The van der Waals surface area contributed by atoms with E-state index in [1.54, 1.807) is 11.3 Å². The molecule has 1 aromatic carbocycles. The number of rotatable bonds is 8. The number of ether oxygens (including phenoxy) is 1. The standard InChI is InChI=1S/C23H29NO3S/c1-15-8-9-18(12-16(15)2)6-5-7-19(25)21-13-17(3)20(28-21)10-11-23(4)14-27-22(26)24-23/h8-9,12-13H,5-7,10-11,14H2,1-4H3,(H,24,26)/t23-/m1/s1. The Labute approximate surface area is 171 Å². The molecule has 1 aromatic heterocycles. The number of amides is 1. The summed E-state index contributed by atoms with van der Waals surface area (Å²) in [4.78, 5) is 26.0. The molecule has 0 saturated carbocycles. The van der Waals surface area contributed by atoms with E-state index >= 15 is 0 Å². The highest BCUT2D eigenvalue weighted by Gasteiger charge is 2.34. The number of nitrogens with one attached hydrogen (secondary N) is 1. The normalized spacial score (nSPS) is 18.8. The lowest BCUT2D eigenvalue weighted by atomic mass is 9.96. The van der Waals surface area contributed by atoms with Gasteiger partial charge >= 0.3 is 6.09 Å². The molecule has 5 heteroatoms. The fourth-order valence-corrected chi connectivity index (χ4v) is 4.65. The molecule has 1 aliphatic heterocycles. The Balaban J connectivity index is 1.52. The summed E-state index contributed by atoms with van der Waals surface area (Å²) in [7, 11) is 0. The molecule has 3 rings (SSSR count). The molecule has 1 saturated heterocycles. The maximum absolute atomic E-state index is 12.6. The molecule has 150 valence electrons. The van der Waals surface area contributed by atoms with Crippen LogP contribution in [0.4, 0.5) is 4.79 Å². The van der Waals surface area contributed by atoms with Crippen molar-refractivity contribution in [3.63, 3.8) is 0 Å². The van der Waals surface area contributed by atoms with Crippen LogP contribution >= 0.6 is 11.3 Å². The SMILES string of the molecule is Cc1ccc(CCCC(=O)c2cc(C)c(CC[C@]3(C)COC(=O)N3)s2)cc1C. The first-order chi connectivity index (χ1) is 13.3. The van der Waals surface area contributed by atoms with Gasteiger partial charge in [-0.15, -0.1) is 11.3 Å². The van der Waals surface area contributed by atoms with Gasteiger partial charge in [-0.3, -0.25) is 4.79 Å². The van der Waals surface area contributed by atoms with Crippen LogP contribution in [0, 0.1) is 20.8 Å². The van der Waals surface area contributed by atoms with Crippen molar-refractivity contribution in [2.24, 2.45) is 0 Å². The first kappa shape index (κ1) is 20.6. The van der Waals surface area contributed by atoms with Crippen LogP contribution in [0.15, 0.2) is 24.3 Å². The van der Waals surface area contributed by atoms with Gasteiger partial charge in [-0.1, -0.05) is 18.2 Å². The number of Topliss-reactive ketones (excluding diaryl/α,β-unsaturated/α-hetero) is 1. The number of benzene rings is 1. The Morgan fingerprint density at radius 3 is 2.61 bits per heavy atom. The minimum atomic E-state index is -0.343. The lowest BCUT2D eigenvalue weighted by Crippen LogP contribution is -2.40. The zero-order valence-electron chi connectivity index (χ0n) is 17.2. The lowest BCUT2D eigenvalue weighted by Gasteiger charge is -2.20. The van der Waals surface area contributed by atoms with Gasteiger partial charge in [-0.05, 0) is 81.7 Å². The minimum absolute atomic E-state index is 0.229. The second-order valence-corrected chi connectivity index (χ2v) is 9.31. The van der Waals surface area contributed by atoms with E-state index in [-0.39, 0.29) is 17.4 Å². The van der Waals surface area contributed by atoms with Crippen LogP contribution in [0.5, 0.6) is 0 Å². The molecule has 0 bridgehead atoms. The maximum Gasteiger partial charge on any atom is 0.407 e. The van der Waals surface area contributed by atoms with Crippen LogP contribution in [-0.2, 0) is 17.6 Å². The molecule has 28 heavy (non-hydrogen) atoms. The van der Waals surface area contributed by atoms with Crippen molar-refractivity contribution in [1.29, 1.82) is 0 Å². The molecular weight excluding hydrogens is 370 g/mol. The fourth-order valence-electron chi connectivity index (χ4n) is 3.51. The minimum Gasteiger partial charge on any atom is -0.447 e. The van der Waals surface area contributed by atoms with Crippen LogP contribution in [-0.4, -0.2) is 24.0 Å². The first-order valence-corrected chi connectivity index (χ1v) is 10.7. The predicted octanol–water partition coefficient (Wildman–Crippen LogP) is 5.31. The van der Waals surface area contributed by atoms with E-state index < -0.39 is 0 Å². The highest BCUT2D eigenvalue weighted by atomic mass is 32.1. The number of ketones is 1. The number of carbonyl (C=O) groups is 2. The summed E-state index contributed by atoms with van der Waals surface area (Å²) in [6.45, 7) is 8.71. The summed E-state index contributed by atoms with van der Waals surface area (Å²) in [5, 5.41) is 2.88. The molecule has 0 aliphatic carbocycles. The van der Waals surface area contributed by atoms with Crippen molar-refractivity contribution >= 4 is 23.2 Å². The van der Waals surface area contributed by atoms with Crippen LogP contribution in [0.1, 0.15) is 63.0 Å². The molecule has 0 spiro atoms. The van der Waals surface area contributed by atoms with Crippen molar-refractivity contribution in [2.75, 3.05) is 6.61 Å². The smallest absolute Gasteiger partial charge is 0.407 e. The molecule has 4 nitrogen and oxygen atoms in total. The topological polar surface area (TPSA) is 55.4 Å². The zero-order valence-corrected chi connectivity index (χ0v) is 18.0. The van der Waals surface area contributed by atoms with Crippen molar-refractivity contribution in [2.45, 2.75) is 65.3 Å². The number of alkyl carbamates (subject to hydrolysis) is 1. The fraction of sp³-hybridized carbons (Fsp3) is 0.478. The Morgan fingerprint density at radius 2 is 1.93 bits per heavy atom. The van der Waals surface area contributed by atoms with Crippen molar-refractivity contribution < 1.29 is 14.3 Å². The Hall–Kier alpha value is -2.14. The molecule has 1 atom stereocenters. The second kappa shape index (κ2) is 8.48. The summed E-state index contributed by atoms with van der Waals surface area (Å²) >= 11 is 1.60. The number of cyclic esters (lactones) is 1. The third-order valence-corrected chi connectivity index (χ3v) is 6.90. The van der Waals surface area contributed by atoms with E-state index in [0.717, 1.165) is 36.1 Å². The van der Waals surface area contributed by atoms with Gasteiger partial charge in [0.25, 0.3) is 0 Å². The largest absolute Gasteiger partial charge is 0.447 e. The van der Waals surface area contributed by atoms with Gasteiger partial charge in [0.15, 0.2) is 5.78 Å². The van der Waals surface area contributed by atoms with Crippen LogP contribution in [0.2, 0.25) is 0 Å². The Kier molecular flexibility index (Phi) is 6.23. The van der Waals surface area contributed by atoms with Gasteiger partial charge in [-0.25, -0.2) is 4.79 Å². The summed E-state index contributed by atoms with van der Waals surface area (Å²) in [6, 6.07) is 8.55. The second-order valence-electron chi connectivity index (χ2n) is 8.17. The summed E-state index contributed by atoms with van der Waals surface area (Å²) in [5.41, 5.74) is 4.76. The average Bonchev–Trinajstić information content (AvgIpc) is 3.19. The highest BCUT2D eigenvalue weighted by molar-refractivity contribution is 7.14. The zero-order chi connectivity index (χ0) is 20.3. The monoisotopic (exact) mass is 399 g/mol. The van der Waals surface area contributed by atoms with Gasteiger partial charge in [0.1, 0.15) is 6.61 Å². The summed E-state index contributed by atoms with van der Waals surface area (Å²) in [5.74, 6) is 0.229. The molecule has 2 heterocycles. The predicted molar refractivity (Wildman–Crippen MR) is 113 cm³/mol. The van der Waals surface area contributed by atoms with E-state index in [9.17, 15) is 9.59 Å². The third-order valence-electron chi connectivity index (χ3n) is 5.57. The van der Waals surface area contributed by atoms with Gasteiger partial charge < -0.3 is 10.1 Å². The van der Waals surface area contributed by atoms with E-state index in [2.05, 4.69) is 44.3 Å². The first-order valence-electron chi connectivity index (χ1n) is 9.89. The van der Waals surface area contributed by atoms with Crippen LogP contribution < -0.4 is 5.32 Å². The lowest BCUT2D eigenvalue weighted by molar-refractivity contribution is 0.0984. The molecule has 1 fully saturated rings. The molecule has 1 amide bonds. The molecule has 0 unspecified atom stereocenters. The van der Waals surface area contributed by atoms with Gasteiger partial charge in [0.2, 0.25) is 0 Å². The van der Waals surface area contributed by atoms with Gasteiger partial charge in [-0.2, -0.15) is 0 Å². The Bertz CT molecular complexity index is 886. The van der Waals surface area contributed by atoms with Crippen molar-refractivity contribution in [1.82, 2.24) is 5.32 Å². The van der Waals surface area contributed by atoms with Crippen molar-refractivity contribution in [3.8, 4) is 0 Å². The number of hydrogen-bond donors (Lipinski definition) is 1. The summed E-state index contributed by atoms with van der Waals surface area (Å²) < 4.78 is 5.02. The van der Waals surface area contributed by atoms with E-state index in [1.165, 1.54) is 21.6 Å². The van der Waals surface area contributed by atoms with Gasteiger partial charge in [0, 0.05) is 11.3 Å². The molecule has 1 aliphatic rings. The highest BCUT2D eigenvalue weighted by Crippen LogP contribution is 2.28. The van der Waals surface area contributed by atoms with Crippen LogP contribution in [0.3, 0.4) is 0 Å². The molecular formula is C23H29NO3S. The van der Waals surface area contributed by atoms with Crippen molar-refractivity contribution in [3.05, 3.63) is 56.3 Å². The number of hydrogen-bond acceptors (Lipinski definition) is 4. The molecule has 2 aromatic rings. The average molecular weight is 400 g/mol. The number of aryl methyl sites for hydroxylation is 5. The van der Waals surface area contributed by atoms with Gasteiger partial charge in [0.05, 0.1) is 10.4 Å². The quantitative estimate of drug-likeness (QED) is 0.612. The number of thiophene rings is 1. The van der Waals surface area contributed by atoms with E-state index in [1.807, 2.05) is 13.0 Å². The molecule has 1 N–H and O–H groups in total.